The van der Waals surface area contributed by atoms with Crippen LogP contribution < -0.4 is 14.9 Å². The molecule has 0 spiro atoms. The number of hydrogen-bond donors (Lipinski definition) is 1. The van der Waals surface area contributed by atoms with E-state index < -0.39 is 0 Å². The zero-order valence-electron chi connectivity index (χ0n) is 16.6. The van der Waals surface area contributed by atoms with Crippen molar-refractivity contribution in [3.63, 3.8) is 0 Å². The number of halogens is 2. The second-order valence-electron chi connectivity index (χ2n) is 6.59. The van der Waals surface area contributed by atoms with E-state index in [1.54, 1.807) is 25.5 Å². The molecule has 7 nitrogen and oxygen atoms in total. The highest BCUT2D eigenvalue weighted by molar-refractivity contribution is 9.10. The highest BCUT2D eigenvalue weighted by atomic mass is 79.9. The van der Waals surface area contributed by atoms with Gasteiger partial charge in [0, 0.05) is 33.7 Å². The number of carbonyl (C=O) groups excluding carboxylic acids is 1. The number of carbonyl (C=O) groups is 1. The van der Waals surface area contributed by atoms with E-state index in [1.165, 1.54) is 0 Å². The smallest absolute Gasteiger partial charge is 0.254 e. The summed E-state index contributed by atoms with van der Waals surface area (Å²) >= 11 is 9.69. The molecule has 0 aromatic heterocycles. The normalized spacial score (nSPS) is 14.6. The van der Waals surface area contributed by atoms with Gasteiger partial charge in [0.25, 0.3) is 5.91 Å². The third-order valence-corrected chi connectivity index (χ3v) is 5.54. The number of hydrazone groups is 1. The molecule has 2 aromatic carbocycles. The van der Waals surface area contributed by atoms with E-state index in [0.717, 1.165) is 28.7 Å². The fourth-order valence-corrected chi connectivity index (χ4v) is 3.48. The second kappa shape index (κ2) is 11.3. The summed E-state index contributed by atoms with van der Waals surface area (Å²) in [7, 11) is 1.57. The van der Waals surface area contributed by atoms with Crippen LogP contribution in [0.4, 0.5) is 0 Å². The van der Waals surface area contributed by atoms with Crippen LogP contribution in [0.5, 0.6) is 11.5 Å². The first kappa shape index (κ1) is 22.6. The third kappa shape index (κ3) is 6.43. The minimum absolute atomic E-state index is 0.170. The number of nitrogens with one attached hydrogen (secondary N) is 1. The van der Waals surface area contributed by atoms with Gasteiger partial charge in [-0.05, 0) is 34.1 Å². The number of ether oxygens (including phenoxy) is 3. The van der Waals surface area contributed by atoms with Gasteiger partial charge in [-0.2, -0.15) is 5.10 Å². The van der Waals surface area contributed by atoms with E-state index in [4.69, 9.17) is 25.8 Å². The molecule has 1 amide bonds. The number of benzene rings is 2. The first-order valence-electron chi connectivity index (χ1n) is 9.42. The quantitative estimate of drug-likeness (QED) is 0.448. The molecule has 0 aliphatic carbocycles. The Balaban J connectivity index is 1.60. The van der Waals surface area contributed by atoms with Gasteiger partial charge in [0.2, 0.25) is 0 Å². The van der Waals surface area contributed by atoms with Crippen molar-refractivity contribution in [1.82, 2.24) is 10.3 Å². The summed E-state index contributed by atoms with van der Waals surface area (Å²) in [5, 5.41) is 4.70. The van der Waals surface area contributed by atoms with Crippen LogP contribution >= 0.6 is 27.5 Å². The molecular formula is C21H23BrClN3O4. The maximum atomic E-state index is 12.0. The largest absolute Gasteiger partial charge is 0.493 e. The summed E-state index contributed by atoms with van der Waals surface area (Å²) in [4.78, 5) is 14.1. The molecule has 1 saturated heterocycles. The van der Waals surface area contributed by atoms with Gasteiger partial charge < -0.3 is 14.2 Å². The van der Waals surface area contributed by atoms with Crippen LogP contribution in [0.3, 0.4) is 0 Å². The van der Waals surface area contributed by atoms with Gasteiger partial charge in [-0.1, -0.05) is 29.8 Å². The average molecular weight is 497 g/mol. The number of hydrogen-bond acceptors (Lipinski definition) is 6. The van der Waals surface area contributed by atoms with Gasteiger partial charge in [-0.3, -0.25) is 9.69 Å². The molecule has 30 heavy (non-hydrogen) atoms. The topological polar surface area (TPSA) is 72.4 Å². The lowest BCUT2D eigenvalue weighted by Gasteiger charge is -2.25. The van der Waals surface area contributed by atoms with Crippen LogP contribution in [-0.2, 0) is 16.1 Å². The number of morpholine rings is 1. The Morgan fingerprint density at radius 3 is 2.80 bits per heavy atom. The lowest BCUT2D eigenvalue weighted by atomic mass is 10.2. The van der Waals surface area contributed by atoms with Gasteiger partial charge in [-0.15, -0.1) is 0 Å². The number of methoxy groups -OCH3 is 1. The van der Waals surface area contributed by atoms with E-state index in [-0.39, 0.29) is 5.91 Å². The maximum absolute atomic E-state index is 12.0. The van der Waals surface area contributed by atoms with Crippen molar-refractivity contribution in [3.05, 3.63) is 57.0 Å². The summed E-state index contributed by atoms with van der Waals surface area (Å²) in [5.74, 6) is 0.945. The fourth-order valence-electron chi connectivity index (χ4n) is 2.86. The zero-order chi connectivity index (χ0) is 21.3. The summed E-state index contributed by atoms with van der Waals surface area (Å²) in [6.07, 6.45) is 1.56. The Bertz CT molecular complexity index is 904. The van der Waals surface area contributed by atoms with Crippen molar-refractivity contribution in [2.45, 2.75) is 6.61 Å². The van der Waals surface area contributed by atoms with E-state index in [1.807, 2.05) is 29.2 Å². The molecule has 1 N–H and O–H groups in total. The molecule has 2 aromatic rings. The highest BCUT2D eigenvalue weighted by Crippen LogP contribution is 2.33. The molecule has 0 bridgehead atoms. The molecule has 0 radical (unpaired) electrons. The second-order valence-corrected chi connectivity index (χ2v) is 7.85. The van der Waals surface area contributed by atoms with E-state index in [2.05, 4.69) is 26.5 Å². The molecule has 1 fully saturated rings. The van der Waals surface area contributed by atoms with E-state index >= 15 is 0 Å². The Kier molecular flexibility index (Phi) is 8.50. The van der Waals surface area contributed by atoms with Crippen molar-refractivity contribution in [2.24, 2.45) is 5.10 Å². The van der Waals surface area contributed by atoms with Crippen molar-refractivity contribution in [3.8, 4) is 11.5 Å². The molecule has 1 aliphatic rings. The summed E-state index contributed by atoms with van der Waals surface area (Å²) in [6, 6.07) is 11.1. The minimum Gasteiger partial charge on any atom is -0.493 e. The average Bonchev–Trinajstić information content (AvgIpc) is 2.75. The van der Waals surface area contributed by atoms with Crippen LogP contribution in [-0.4, -0.2) is 57.0 Å². The summed E-state index contributed by atoms with van der Waals surface area (Å²) < 4.78 is 17.4. The van der Waals surface area contributed by atoms with Gasteiger partial charge in [0.1, 0.15) is 6.61 Å². The maximum Gasteiger partial charge on any atom is 0.254 e. The standard InChI is InChI=1S/C21H23BrClN3O4/c1-28-19-10-16(12-24-25-21(27)13-26-6-8-29-9-7-26)17(22)11-20(19)30-14-15-4-2-3-5-18(15)23/h2-5,10-12H,6-9,13-14H2,1H3,(H,25,27)/b24-12+. The lowest BCUT2D eigenvalue weighted by molar-refractivity contribution is -0.123. The number of nitrogens with zero attached hydrogens (tertiary/aromatic N) is 2. The monoisotopic (exact) mass is 495 g/mol. The van der Waals surface area contributed by atoms with Gasteiger partial charge in [0.05, 0.1) is 33.1 Å². The van der Waals surface area contributed by atoms with Gasteiger partial charge >= 0.3 is 0 Å². The van der Waals surface area contributed by atoms with E-state index in [0.29, 0.717) is 42.9 Å². The molecule has 3 rings (SSSR count). The molecule has 1 aliphatic heterocycles. The molecule has 1 heterocycles. The molecule has 0 atom stereocenters. The fraction of sp³-hybridized carbons (Fsp3) is 0.333. The Labute approximate surface area is 189 Å². The molecule has 160 valence electrons. The summed E-state index contributed by atoms with van der Waals surface area (Å²) in [6.45, 7) is 3.39. The molecule has 0 unspecified atom stereocenters. The first-order chi connectivity index (χ1) is 14.6. The predicted octanol–water partition coefficient (Wildman–Crippen LogP) is 3.47. The van der Waals surface area contributed by atoms with Crippen LogP contribution in [0, 0.1) is 0 Å². The van der Waals surface area contributed by atoms with Crippen LogP contribution in [0.2, 0.25) is 5.02 Å². The number of amides is 1. The molecule has 0 saturated carbocycles. The van der Waals surface area contributed by atoms with Gasteiger partial charge in [0.15, 0.2) is 11.5 Å². The SMILES string of the molecule is COc1cc(/C=N/NC(=O)CN2CCOCC2)c(Br)cc1OCc1ccccc1Cl. The van der Waals surface area contributed by atoms with Crippen molar-refractivity contribution < 1.29 is 19.0 Å². The van der Waals surface area contributed by atoms with Crippen molar-refractivity contribution in [2.75, 3.05) is 40.0 Å². The predicted molar refractivity (Wildman–Crippen MR) is 119 cm³/mol. The Morgan fingerprint density at radius 2 is 2.07 bits per heavy atom. The first-order valence-corrected chi connectivity index (χ1v) is 10.6. The summed E-state index contributed by atoms with van der Waals surface area (Å²) in [5.41, 5.74) is 4.17. The van der Waals surface area contributed by atoms with E-state index in [9.17, 15) is 4.79 Å². The third-order valence-electron chi connectivity index (χ3n) is 4.49. The molecule has 9 heteroatoms. The number of rotatable bonds is 8. The Morgan fingerprint density at radius 1 is 1.30 bits per heavy atom. The van der Waals surface area contributed by atoms with Crippen LogP contribution in [0.15, 0.2) is 46.0 Å². The molecular weight excluding hydrogens is 474 g/mol. The zero-order valence-corrected chi connectivity index (χ0v) is 18.9. The Hall–Kier alpha value is -2.13. The van der Waals surface area contributed by atoms with Crippen molar-refractivity contribution in [1.29, 1.82) is 0 Å². The minimum atomic E-state index is -0.170. The highest BCUT2D eigenvalue weighted by Gasteiger charge is 2.14. The van der Waals surface area contributed by atoms with Crippen LogP contribution in [0.1, 0.15) is 11.1 Å². The van der Waals surface area contributed by atoms with Crippen molar-refractivity contribution >= 4 is 39.7 Å². The van der Waals surface area contributed by atoms with Crippen LogP contribution in [0.25, 0.3) is 0 Å². The lowest BCUT2D eigenvalue weighted by Crippen LogP contribution is -2.42. The van der Waals surface area contributed by atoms with Gasteiger partial charge in [-0.25, -0.2) is 5.43 Å².